The molecule has 1 aromatic heterocycles. The predicted octanol–water partition coefficient (Wildman–Crippen LogP) is 2.98. The fraction of sp³-hybridized carbons (Fsp3) is 0.455. The normalized spacial score (nSPS) is 11.3. The van der Waals surface area contributed by atoms with Gasteiger partial charge in [-0.3, -0.25) is 4.79 Å². The Morgan fingerprint density at radius 2 is 2.19 bits per heavy atom. The lowest BCUT2D eigenvalue weighted by Crippen LogP contribution is -2.46. The van der Waals surface area contributed by atoms with Crippen molar-refractivity contribution in [3.8, 4) is 0 Å². The lowest BCUT2D eigenvalue weighted by atomic mass is 10.1. The van der Waals surface area contributed by atoms with Gasteiger partial charge in [0, 0.05) is 24.1 Å². The number of pyridine rings is 1. The maximum atomic E-state index is 12.1. The highest BCUT2D eigenvalue weighted by atomic mass is 79.9. The quantitative estimate of drug-likeness (QED) is 0.804. The van der Waals surface area contributed by atoms with Crippen molar-refractivity contribution in [2.45, 2.75) is 19.4 Å². The minimum atomic E-state index is -0.252. The molecule has 0 bridgehead atoms. The molecule has 1 aromatic rings. The van der Waals surface area contributed by atoms with Crippen LogP contribution in [0, 0.1) is 0 Å². The molecule has 0 fully saturated rings. The highest BCUT2D eigenvalue weighted by molar-refractivity contribution is 9.09. The smallest absolute Gasteiger partial charge is 0.272 e. The Balaban J connectivity index is 2.90. The number of halogens is 2. The van der Waals surface area contributed by atoms with Crippen LogP contribution in [0.15, 0.2) is 18.3 Å². The molecule has 1 rings (SSSR count). The molecule has 0 spiro atoms. The summed E-state index contributed by atoms with van der Waals surface area (Å²) in [5.41, 5.74) is 0.152. The lowest BCUT2D eigenvalue weighted by Gasteiger charge is -2.33. The topological polar surface area (TPSA) is 33.2 Å². The molecule has 0 saturated carbocycles. The number of aromatic nitrogens is 1. The highest BCUT2D eigenvalue weighted by Crippen LogP contribution is 2.18. The van der Waals surface area contributed by atoms with E-state index in [1.54, 1.807) is 24.1 Å². The molecule has 16 heavy (non-hydrogen) atoms. The largest absolute Gasteiger partial charge is 0.334 e. The molecule has 0 radical (unpaired) electrons. The maximum absolute atomic E-state index is 12.1. The Morgan fingerprint density at radius 3 is 2.62 bits per heavy atom. The summed E-state index contributed by atoms with van der Waals surface area (Å²) in [6.45, 7) is 3.96. The Hall–Kier alpha value is -0.610. The summed E-state index contributed by atoms with van der Waals surface area (Å²) in [5.74, 6) is -0.110. The number of amides is 1. The third kappa shape index (κ3) is 2.95. The summed E-state index contributed by atoms with van der Waals surface area (Å²) in [7, 11) is 1.76. The molecule has 0 unspecified atom stereocenters. The Labute approximate surface area is 109 Å². The van der Waals surface area contributed by atoms with Crippen molar-refractivity contribution in [3.05, 3.63) is 29.0 Å². The van der Waals surface area contributed by atoms with Gasteiger partial charge in [-0.2, -0.15) is 0 Å². The molecule has 0 aliphatic carbocycles. The predicted molar refractivity (Wildman–Crippen MR) is 69.2 cm³/mol. The van der Waals surface area contributed by atoms with Gasteiger partial charge in [-0.05, 0) is 26.0 Å². The van der Waals surface area contributed by atoms with Crippen LogP contribution in [0.2, 0.25) is 5.02 Å². The number of hydrogen-bond acceptors (Lipinski definition) is 2. The van der Waals surface area contributed by atoms with E-state index in [-0.39, 0.29) is 11.4 Å². The van der Waals surface area contributed by atoms with Crippen LogP contribution in [0.3, 0.4) is 0 Å². The number of alkyl halides is 1. The van der Waals surface area contributed by atoms with Gasteiger partial charge in [0.1, 0.15) is 5.69 Å². The SMILES string of the molecule is CN(C(=O)c1ccc(Cl)cn1)C(C)(C)CBr. The van der Waals surface area contributed by atoms with Crippen molar-refractivity contribution in [3.63, 3.8) is 0 Å². The van der Waals surface area contributed by atoms with E-state index in [0.717, 1.165) is 0 Å². The minimum Gasteiger partial charge on any atom is -0.334 e. The van der Waals surface area contributed by atoms with Gasteiger partial charge in [-0.1, -0.05) is 27.5 Å². The maximum Gasteiger partial charge on any atom is 0.272 e. The fourth-order valence-corrected chi connectivity index (χ4v) is 1.53. The van der Waals surface area contributed by atoms with Crippen molar-refractivity contribution in [2.75, 3.05) is 12.4 Å². The summed E-state index contributed by atoms with van der Waals surface area (Å²) < 4.78 is 0. The monoisotopic (exact) mass is 304 g/mol. The zero-order chi connectivity index (χ0) is 12.3. The molecule has 0 N–H and O–H groups in total. The number of nitrogens with zero attached hydrogens (tertiary/aromatic N) is 2. The van der Waals surface area contributed by atoms with Gasteiger partial charge in [-0.25, -0.2) is 4.98 Å². The first-order valence-corrected chi connectivity index (χ1v) is 6.34. The second-order valence-corrected chi connectivity index (χ2v) is 5.17. The average molecular weight is 306 g/mol. The Bertz CT molecular complexity index is 378. The van der Waals surface area contributed by atoms with Crippen molar-refractivity contribution >= 4 is 33.4 Å². The van der Waals surface area contributed by atoms with E-state index in [1.807, 2.05) is 13.8 Å². The molecule has 0 saturated heterocycles. The van der Waals surface area contributed by atoms with Crippen LogP contribution in [0.5, 0.6) is 0 Å². The number of hydrogen-bond donors (Lipinski definition) is 0. The molecule has 0 aliphatic rings. The minimum absolute atomic E-state index is 0.110. The molecule has 1 amide bonds. The van der Waals surface area contributed by atoms with Crippen LogP contribution in [0.25, 0.3) is 0 Å². The van der Waals surface area contributed by atoms with Gasteiger partial charge in [0.25, 0.3) is 5.91 Å². The summed E-state index contributed by atoms with van der Waals surface area (Å²) in [5, 5.41) is 1.23. The molecule has 88 valence electrons. The number of carbonyl (C=O) groups is 1. The van der Waals surface area contributed by atoms with Crippen LogP contribution in [0.4, 0.5) is 0 Å². The van der Waals surface area contributed by atoms with Crippen molar-refractivity contribution in [1.29, 1.82) is 0 Å². The second-order valence-electron chi connectivity index (χ2n) is 4.17. The third-order valence-electron chi connectivity index (χ3n) is 2.49. The Kier molecular flexibility index (Phi) is 4.33. The summed E-state index contributed by atoms with van der Waals surface area (Å²) in [6.07, 6.45) is 1.48. The van der Waals surface area contributed by atoms with E-state index in [0.29, 0.717) is 16.0 Å². The van der Waals surface area contributed by atoms with Crippen LogP contribution >= 0.6 is 27.5 Å². The van der Waals surface area contributed by atoms with E-state index in [1.165, 1.54) is 6.20 Å². The average Bonchev–Trinajstić information content (AvgIpc) is 2.28. The van der Waals surface area contributed by atoms with Gasteiger partial charge < -0.3 is 4.90 Å². The van der Waals surface area contributed by atoms with Crippen LogP contribution in [-0.4, -0.2) is 33.7 Å². The molecule has 1 heterocycles. The summed E-state index contributed by atoms with van der Waals surface area (Å²) >= 11 is 9.11. The van der Waals surface area contributed by atoms with Gasteiger partial charge >= 0.3 is 0 Å². The summed E-state index contributed by atoms with van der Waals surface area (Å²) in [6, 6.07) is 3.29. The zero-order valence-electron chi connectivity index (χ0n) is 9.50. The molecule has 0 aliphatic heterocycles. The molecular weight excluding hydrogens is 291 g/mol. The molecule has 3 nitrogen and oxygen atoms in total. The summed E-state index contributed by atoms with van der Waals surface area (Å²) in [4.78, 5) is 17.7. The van der Waals surface area contributed by atoms with Crippen LogP contribution in [0.1, 0.15) is 24.3 Å². The number of carbonyl (C=O) groups excluding carboxylic acids is 1. The molecular formula is C11H14BrClN2O. The first-order chi connectivity index (χ1) is 7.38. The van der Waals surface area contributed by atoms with E-state index in [2.05, 4.69) is 20.9 Å². The standard InChI is InChI=1S/C11H14BrClN2O/c1-11(2,7-12)15(3)10(16)9-5-4-8(13)6-14-9/h4-6H,7H2,1-3H3. The van der Waals surface area contributed by atoms with Crippen LogP contribution < -0.4 is 0 Å². The van der Waals surface area contributed by atoms with Gasteiger partial charge in [0.15, 0.2) is 0 Å². The van der Waals surface area contributed by atoms with E-state index >= 15 is 0 Å². The van der Waals surface area contributed by atoms with E-state index < -0.39 is 0 Å². The van der Waals surface area contributed by atoms with Crippen molar-refractivity contribution in [1.82, 2.24) is 9.88 Å². The van der Waals surface area contributed by atoms with E-state index in [9.17, 15) is 4.79 Å². The van der Waals surface area contributed by atoms with Crippen LogP contribution in [-0.2, 0) is 0 Å². The van der Waals surface area contributed by atoms with Crippen molar-refractivity contribution in [2.24, 2.45) is 0 Å². The van der Waals surface area contributed by atoms with E-state index in [4.69, 9.17) is 11.6 Å². The first kappa shape index (κ1) is 13.5. The lowest BCUT2D eigenvalue weighted by molar-refractivity contribution is 0.0657. The highest BCUT2D eigenvalue weighted by Gasteiger charge is 2.27. The number of rotatable bonds is 3. The fourth-order valence-electron chi connectivity index (χ4n) is 1.04. The van der Waals surface area contributed by atoms with Gasteiger partial charge in [0.05, 0.1) is 5.02 Å². The first-order valence-electron chi connectivity index (χ1n) is 4.84. The molecule has 5 heteroatoms. The van der Waals surface area contributed by atoms with Gasteiger partial charge in [-0.15, -0.1) is 0 Å². The van der Waals surface area contributed by atoms with Gasteiger partial charge in [0.2, 0.25) is 0 Å². The second kappa shape index (κ2) is 5.15. The zero-order valence-corrected chi connectivity index (χ0v) is 11.8. The Morgan fingerprint density at radius 1 is 1.56 bits per heavy atom. The molecule has 0 aromatic carbocycles. The molecule has 0 atom stereocenters. The third-order valence-corrected chi connectivity index (χ3v) is 4.08. The van der Waals surface area contributed by atoms with Crippen molar-refractivity contribution < 1.29 is 4.79 Å².